The van der Waals surface area contributed by atoms with Crippen molar-refractivity contribution in [2.24, 2.45) is 0 Å². The molecule has 1 aromatic carbocycles. The summed E-state index contributed by atoms with van der Waals surface area (Å²) in [6, 6.07) is 5.79. The summed E-state index contributed by atoms with van der Waals surface area (Å²) < 4.78 is 21.2. The maximum atomic E-state index is 11.3. The molecule has 0 aliphatic heterocycles. The Kier molecular flexibility index (Phi) is 6.97. The van der Waals surface area contributed by atoms with E-state index >= 15 is 0 Å². The van der Waals surface area contributed by atoms with Gasteiger partial charge in [0.25, 0.3) is 0 Å². The molecule has 0 bridgehead atoms. The maximum Gasteiger partial charge on any atom is 0.749 e. The van der Waals surface area contributed by atoms with Gasteiger partial charge in [-0.2, -0.15) is 0 Å². The molecule has 6 heteroatoms. The van der Waals surface area contributed by atoms with E-state index in [0.717, 1.165) is 21.3 Å². The first-order chi connectivity index (χ1) is 8.22. The Morgan fingerprint density at radius 3 is 2.53 bits per heavy atom. The summed E-state index contributed by atoms with van der Waals surface area (Å²) in [5, 5.41) is 0. The van der Waals surface area contributed by atoms with E-state index in [1.54, 1.807) is 23.5 Å². The second kappa shape index (κ2) is 7.98. The van der Waals surface area contributed by atoms with Gasteiger partial charge >= 0.3 is 8.25 Å². The van der Waals surface area contributed by atoms with Crippen LogP contribution in [0, 0.1) is 0 Å². The number of benzene rings is 1. The topological polar surface area (TPSA) is 35.5 Å². The quantitative estimate of drug-likeness (QED) is 0.542. The van der Waals surface area contributed by atoms with E-state index < -0.39 is 8.25 Å². The lowest BCUT2D eigenvalue weighted by atomic mass is 10.3. The van der Waals surface area contributed by atoms with Gasteiger partial charge in [-0.15, -0.1) is 28.0 Å². The molecule has 0 fully saturated rings. The van der Waals surface area contributed by atoms with Gasteiger partial charge in [0.15, 0.2) is 0 Å². The van der Waals surface area contributed by atoms with Crippen LogP contribution in [0.3, 0.4) is 0 Å². The number of thioether (sulfide) groups is 2. The molecule has 1 aromatic rings. The molecule has 0 aromatic heterocycles. The van der Waals surface area contributed by atoms with Gasteiger partial charge in [0, 0.05) is 9.46 Å². The van der Waals surface area contributed by atoms with Crippen molar-refractivity contribution >= 4 is 31.8 Å². The first-order valence-corrected chi connectivity index (χ1v) is 8.37. The van der Waals surface area contributed by atoms with Crippen LogP contribution in [-0.2, 0) is 9.09 Å². The van der Waals surface area contributed by atoms with Crippen LogP contribution in [-0.4, -0.2) is 18.6 Å². The van der Waals surface area contributed by atoms with Crippen LogP contribution < -0.4 is 4.52 Å². The van der Waals surface area contributed by atoms with Gasteiger partial charge in [-0.05, 0) is 23.6 Å². The van der Waals surface area contributed by atoms with Crippen molar-refractivity contribution in [3.63, 3.8) is 0 Å². The van der Waals surface area contributed by atoms with Crippen LogP contribution in [0.2, 0.25) is 0 Å². The monoisotopic (exact) mass is 291 g/mol. The van der Waals surface area contributed by atoms with Crippen molar-refractivity contribution in [2.75, 3.05) is 18.6 Å². The largest absolute Gasteiger partial charge is 0.749 e. The Bertz CT molecular complexity index is 385. The smallest absolute Gasteiger partial charge is 0.228 e. The normalized spacial score (nSPS) is 11.4. The molecule has 0 heterocycles. The van der Waals surface area contributed by atoms with Gasteiger partial charge in [0.1, 0.15) is 0 Å². The predicted octanol–water partition coefficient (Wildman–Crippen LogP) is 4.59. The van der Waals surface area contributed by atoms with Crippen LogP contribution in [0.25, 0.3) is 0 Å². The minimum absolute atomic E-state index is 0.637. The fourth-order valence-corrected chi connectivity index (χ4v) is 3.51. The van der Waals surface area contributed by atoms with Gasteiger partial charge in [0.05, 0.1) is 12.0 Å². The van der Waals surface area contributed by atoms with Crippen molar-refractivity contribution in [1.29, 1.82) is 0 Å². The van der Waals surface area contributed by atoms with Gasteiger partial charge in [-0.25, -0.2) is 4.52 Å². The fraction of sp³-hybridized carbons (Fsp3) is 0.455. The molecular formula is C11H16O3PS2+. The first-order valence-electron chi connectivity index (χ1n) is 5.30. The predicted molar refractivity (Wildman–Crippen MR) is 74.5 cm³/mol. The van der Waals surface area contributed by atoms with Gasteiger partial charge in [0.2, 0.25) is 5.75 Å². The summed E-state index contributed by atoms with van der Waals surface area (Å²) in [4.78, 5) is 2.21. The van der Waals surface area contributed by atoms with E-state index in [1.165, 1.54) is 7.11 Å². The molecule has 0 aliphatic carbocycles. The summed E-state index contributed by atoms with van der Waals surface area (Å²) in [5.74, 6) is 2.58. The molecule has 94 valence electrons. The Labute approximate surface area is 112 Å². The van der Waals surface area contributed by atoms with E-state index in [1.807, 2.05) is 12.1 Å². The molecule has 0 aliphatic rings. The van der Waals surface area contributed by atoms with Crippen molar-refractivity contribution in [2.45, 2.75) is 23.6 Å². The highest BCUT2D eigenvalue weighted by molar-refractivity contribution is 8.02. The number of hydrogen-bond acceptors (Lipinski definition) is 5. The molecule has 1 rings (SSSR count). The molecule has 0 N–H and O–H groups in total. The highest BCUT2D eigenvalue weighted by Crippen LogP contribution is 2.41. The maximum absolute atomic E-state index is 11.3. The minimum Gasteiger partial charge on any atom is -0.228 e. The van der Waals surface area contributed by atoms with E-state index in [-0.39, 0.29) is 0 Å². The van der Waals surface area contributed by atoms with Crippen molar-refractivity contribution < 1.29 is 13.6 Å². The average Bonchev–Trinajstić information content (AvgIpc) is 2.33. The zero-order valence-electron chi connectivity index (χ0n) is 10.1. The van der Waals surface area contributed by atoms with Gasteiger partial charge in [-0.1, -0.05) is 19.9 Å². The lowest BCUT2D eigenvalue weighted by molar-refractivity contribution is 0.346. The summed E-state index contributed by atoms with van der Waals surface area (Å²) in [6.07, 6.45) is 0. The lowest BCUT2D eigenvalue weighted by Gasteiger charge is -2.08. The molecule has 0 saturated heterocycles. The highest BCUT2D eigenvalue weighted by atomic mass is 32.2. The molecule has 0 saturated carbocycles. The zero-order chi connectivity index (χ0) is 12.7. The Balaban J connectivity index is 3.01. The SMILES string of the molecule is CCSc1cccc(O[P+](=O)OC)c1SCC. The number of rotatable bonds is 7. The third-order valence-corrected chi connectivity index (χ3v) is 4.56. The Morgan fingerprint density at radius 2 is 1.94 bits per heavy atom. The molecule has 1 atom stereocenters. The van der Waals surface area contributed by atoms with Crippen molar-refractivity contribution in [3.8, 4) is 5.75 Å². The van der Waals surface area contributed by atoms with Crippen LogP contribution in [0.15, 0.2) is 28.0 Å². The average molecular weight is 291 g/mol. The lowest BCUT2D eigenvalue weighted by Crippen LogP contribution is -1.89. The van der Waals surface area contributed by atoms with E-state index in [4.69, 9.17) is 4.52 Å². The molecule has 17 heavy (non-hydrogen) atoms. The van der Waals surface area contributed by atoms with Crippen LogP contribution in [0.5, 0.6) is 5.75 Å². The summed E-state index contributed by atoms with van der Waals surface area (Å²) >= 11 is 3.45. The van der Waals surface area contributed by atoms with E-state index in [0.29, 0.717) is 5.75 Å². The van der Waals surface area contributed by atoms with E-state index in [9.17, 15) is 4.57 Å². The van der Waals surface area contributed by atoms with Gasteiger partial charge < -0.3 is 0 Å². The zero-order valence-corrected chi connectivity index (χ0v) is 12.7. The summed E-state index contributed by atoms with van der Waals surface area (Å²) in [5.41, 5.74) is 0. The summed E-state index contributed by atoms with van der Waals surface area (Å²) in [7, 11) is -0.705. The minimum atomic E-state index is -2.08. The van der Waals surface area contributed by atoms with E-state index in [2.05, 4.69) is 24.4 Å². The molecule has 0 amide bonds. The molecule has 3 nitrogen and oxygen atoms in total. The number of hydrogen-bond donors (Lipinski definition) is 0. The van der Waals surface area contributed by atoms with Gasteiger partial charge in [-0.3, -0.25) is 0 Å². The third kappa shape index (κ3) is 4.51. The van der Waals surface area contributed by atoms with Crippen LogP contribution in [0.4, 0.5) is 0 Å². The standard InChI is InChI=1S/C11H16O3PS2/c1-4-16-10-8-6-7-9(11(10)17-5-2)14-15(12)13-3/h6-8H,4-5H2,1-3H3/q+1. The second-order valence-electron chi connectivity index (χ2n) is 2.95. The van der Waals surface area contributed by atoms with Crippen LogP contribution >= 0.6 is 31.8 Å². The molecule has 0 spiro atoms. The molecular weight excluding hydrogens is 275 g/mol. The Hall–Kier alpha value is -0.220. The summed E-state index contributed by atoms with van der Waals surface area (Å²) in [6.45, 7) is 4.19. The molecule has 0 radical (unpaired) electrons. The highest BCUT2D eigenvalue weighted by Gasteiger charge is 2.23. The molecule has 1 unspecified atom stereocenters. The van der Waals surface area contributed by atoms with Crippen molar-refractivity contribution in [1.82, 2.24) is 0 Å². The Morgan fingerprint density at radius 1 is 1.24 bits per heavy atom. The fourth-order valence-electron chi connectivity index (χ4n) is 1.24. The van der Waals surface area contributed by atoms with Crippen LogP contribution in [0.1, 0.15) is 13.8 Å². The van der Waals surface area contributed by atoms with Crippen molar-refractivity contribution in [3.05, 3.63) is 18.2 Å². The third-order valence-electron chi connectivity index (χ3n) is 1.85. The second-order valence-corrected chi connectivity index (χ2v) is 6.52. The first kappa shape index (κ1) is 14.8.